The lowest BCUT2D eigenvalue weighted by Crippen LogP contribution is -2.22. The van der Waals surface area contributed by atoms with Crippen molar-refractivity contribution in [2.24, 2.45) is 0 Å². The van der Waals surface area contributed by atoms with Gasteiger partial charge in [-0.1, -0.05) is 42.5 Å². The highest BCUT2D eigenvalue weighted by molar-refractivity contribution is 5.77. The summed E-state index contributed by atoms with van der Waals surface area (Å²) in [6.07, 6.45) is 0. The summed E-state index contributed by atoms with van der Waals surface area (Å²) in [5, 5.41) is 4.78. The molecule has 3 aromatic rings. The first-order valence-electron chi connectivity index (χ1n) is 7.45. The molecule has 0 saturated heterocycles. The average molecular weight is 279 g/mol. The molecule has 3 rings (SSSR count). The molecule has 1 N–H and O–H groups in total. The van der Waals surface area contributed by atoms with E-state index in [1.807, 2.05) is 18.2 Å². The Morgan fingerprint density at radius 2 is 1.62 bits per heavy atom. The van der Waals surface area contributed by atoms with Crippen molar-refractivity contribution in [2.75, 3.05) is 0 Å². The van der Waals surface area contributed by atoms with Crippen molar-refractivity contribution < 1.29 is 4.42 Å². The molecule has 21 heavy (non-hydrogen) atoms. The fourth-order valence-electron chi connectivity index (χ4n) is 2.84. The van der Waals surface area contributed by atoms with Crippen LogP contribution in [0.15, 0.2) is 59.0 Å². The largest absolute Gasteiger partial charge is 0.459 e. The van der Waals surface area contributed by atoms with E-state index in [4.69, 9.17) is 4.42 Å². The second kappa shape index (κ2) is 5.74. The molecule has 0 fully saturated rings. The van der Waals surface area contributed by atoms with E-state index in [1.165, 1.54) is 11.1 Å². The van der Waals surface area contributed by atoms with Crippen LogP contribution >= 0.6 is 0 Å². The standard InChI is InChI=1S/C19H21NO/c1-13-8-4-6-10-17(13)14(2)20-15(3)19-12-16-9-5-7-11-18(16)21-19/h4-12,14-15,20H,1-3H3. The van der Waals surface area contributed by atoms with Crippen LogP contribution in [0, 0.1) is 6.92 Å². The van der Waals surface area contributed by atoms with Crippen LogP contribution in [0.2, 0.25) is 0 Å². The number of para-hydroxylation sites is 1. The molecule has 2 unspecified atom stereocenters. The summed E-state index contributed by atoms with van der Waals surface area (Å²) in [5.74, 6) is 0.983. The van der Waals surface area contributed by atoms with Gasteiger partial charge in [0, 0.05) is 11.4 Å². The van der Waals surface area contributed by atoms with E-state index >= 15 is 0 Å². The van der Waals surface area contributed by atoms with Gasteiger partial charge in [-0.25, -0.2) is 0 Å². The number of rotatable bonds is 4. The van der Waals surface area contributed by atoms with E-state index < -0.39 is 0 Å². The van der Waals surface area contributed by atoms with Crippen molar-refractivity contribution in [3.8, 4) is 0 Å². The van der Waals surface area contributed by atoms with Crippen molar-refractivity contribution in [1.29, 1.82) is 0 Å². The number of benzene rings is 2. The SMILES string of the molecule is Cc1ccccc1C(C)NC(C)c1cc2ccccc2o1. The van der Waals surface area contributed by atoms with Crippen LogP contribution in [0.25, 0.3) is 11.0 Å². The minimum absolute atomic E-state index is 0.173. The Balaban J connectivity index is 1.79. The van der Waals surface area contributed by atoms with Crippen molar-refractivity contribution >= 4 is 11.0 Å². The van der Waals surface area contributed by atoms with Gasteiger partial charge in [0.15, 0.2) is 0 Å². The van der Waals surface area contributed by atoms with Crippen molar-refractivity contribution in [2.45, 2.75) is 32.9 Å². The molecule has 0 aliphatic rings. The Morgan fingerprint density at radius 1 is 0.905 bits per heavy atom. The van der Waals surface area contributed by atoms with Crippen LogP contribution in [0.1, 0.15) is 42.8 Å². The fourth-order valence-corrected chi connectivity index (χ4v) is 2.84. The third-order valence-electron chi connectivity index (χ3n) is 4.03. The third kappa shape index (κ3) is 2.86. The molecule has 108 valence electrons. The minimum atomic E-state index is 0.173. The predicted octanol–water partition coefficient (Wildman–Crippen LogP) is 5.15. The molecule has 1 heterocycles. The Morgan fingerprint density at radius 3 is 2.38 bits per heavy atom. The van der Waals surface area contributed by atoms with Crippen LogP contribution in [0.5, 0.6) is 0 Å². The lowest BCUT2D eigenvalue weighted by atomic mass is 10.0. The molecule has 2 aromatic carbocycles. The number of fused-ring (bicyclic) bond motifs is 1. The number of hydrogen-bond acceptors (Lipinski definition) is 2. The Kier molecular flexibility index (Phi) is 3.80. The molecule has 2 nitrogen and oxygen atoms in total. The number of nitrogens with one attached hydrogen (secondary N) is 1. The van der Waals surface area contributed by atoms with Crippen LogP contribution in [0.3, 0.4) is 0 Å². The molecule has 0 amide bonds. The third-order valence-corrected chi connectivity index (χ3v) is 4.03. The van der Waals surface area contributed by atoms with Gasteiger partial charge in [-0.15, -0.1) is 0 Å². The lowest BCUT2D eigenvalue weighted by molar-refractivity contribution is 0.416. The van der Waals surface area contributed by atoms with Crippen molar-refractivity contribution in [3.63, 3.8) is 0 Å². The fraction of sp³-hybridized carbons (Fsp3) is 0.263. The van der Waals surface area contributed by atoms with E-state index in [-0.39, 0.29) is 12.1 Å². The predicted molar refractivity (Wildman–Crippen MR) is 87.4 cm³/mol. The molecule has 0 radical (unpaired) electrons. The Bertz CT molecular complexity index is 711. The highest BCUT2D eigenvalue weighted by Crippen LogP contribution is 2.26. The summed E-state index contributed by atoms with van der Waals surface area (Å²) < 4.78 is 5.93. The minimum Gasteiger partial charge on any atom is -0.459 e. The van der Waals surface area contributed by atoms with E-state index in [0.717, 1.165) is 16.7 Å². The van der Waals surface area contributed by atoms with Crippen LogP contribution in [0.4, 0.5) is 0 Å². The van der Waals surface area contributed by atoms with Gasteiger partial charge >= 0.3 is 0 Å². The van der Waals surface area contributed by atoms with E-state index in [2.05, 4.69) is 62.5 Å². The lowest BCUT2D eigenvalue weighted by Gasteiger charge is -2.20. The molecule has 0 spiro atoms. The highest BCUT2D eigenvalue weighted by atomic mass is 16.3. The summed E-state index contributed by atoms with van der Waals surface area (Å²) in [4.78, 5) is 0. The zero-order valence-corrected chi connectivity index (χ0v) is 12.8. The van der Waals surface area contributed by atoms with Crippen LogP contribution in [-0.4, -0.2) is 0 Å². The van der Waals surface area contributed by atoms with Gasteiger partial charge in [0.05, 0.1) is 6.04 Å². The first kappa shape index (κ1) is 13.9. The quantitative estimate of drug-likeness (QED) is 0.714. The van der Waals surface area contributed by atoms with Gasteiger partial charge in [-0.2, -0.15) is 0 Å². The van der Waals surface area contributed by atoms with Gasteiger partial charge in [0.2, 0.25) is 0 Å². The van der Waals surface area contributed by atoms with E-state index in [0.29, 0.717) is 0 Å². The summed E-state index contributed by atoms with van der Waals surface area (Å²) in [7, 11) is 0. The molecule has 0 bridgehead atoms. The van der Waals surface area contributed by atoms with Crippen LogP contribution < -0.4 is 5.32 Å². The smallest absolute Gasteiger partial charge is 0.134 e. The molecule has 1 aromatic heterocycles. The first-order valence-corrected chi connectivity index (χ1v) is 7.45. The van der Waals surface area contributed by atoms with Crippen molar-refractivity contribution in [1.82, 2.24) is 5.32 Å². The molecule has 0 aliphatic heterocycles. The number of aryl methyl sites for hydroxylation is 1. The monoisotopic (exact) mass is 279 g/mol. The Hall–Kier alpha value is -2.06. The maximum Gasteiger partial charge on any atom is 0.134 e. The van der Waals surface area contributed by atoms with E-state index in [1.54, 1.807) is 0 Å². The second-order valence-corrected chi connectivity index (χ2v) is 5.65. The second-order valence-electron chi connectivity index (χ2n) is 5.65. The van der Waals surface area contributed by atoms with Gasteiger partial charge in [-0.05, 0) is 44.0 Å². The van der Waals surface area contributed by atoms with Gasteiger partial charge in [0.1, 0.15) is 11.3 Å². The van der Waals surface area contributed by atoms with E-state index in [9.17, 15) is 0 Å². The Labute approximate surface area is 125 Å². The van der Waals surface area contributed by atoms with Gasteiger partial charge in [0.25, 0.3) is 0 Å². The molecule has 2 atom stereocenters. The van der Waals surface area contributed by atoms with Gasteiger partial charge < -0.3 is 9.73 Å². The maximum absolute atomic E-state index is 5.93. The normalized spacial score (nSPS) is 14.2. The molecule has 0 saturated carbocycles. The molecule has 0 aliphatic carbocycles. The summed E-state index contributed by atoms with van der Waals surface area (Å²) >= 11 is 0. The number of furan rings is 1. The zero-order chi connectivity index (χ0) is 14.8. The summed E-state index contributed by atoms with van der Waals surface area (Å²) in [6.45, 7) is 6.49. The van der Waals surface area contributed by atoms with Crippen LogP contribution in [-0.2, 0) is 0 Å². The summed E-state index contributed by atoms with van der Waals surface area (Å²) in [6, 6.07) is 19.2. The molecule has 2 heteroatoms. The molecular weight excluding hydrogens is 258 g/mol. The van der Waals surface area contributed by atoms with Crippen molar-refractivity contribution in [3.05, 3.63) is 71.5 Å². The van der Waals surface area contributed by atoms with Gasteiger partial charge in [-0.3, -0.25) is 0 Å². The zero-order valence-electron chi connectivity index (χ0n) is 12.8. The highest BCUT2D eigenvalue weighted by Gasteiger charge is 2.15. The summed E-state index contributed by atoms with van der Waals surface area (Å²) in [5.41, 5.74) is 3.60. The first-order chi connectivity index (χ1) is 10.1. The average Bonchev–Trinajstić information content (AvgIpc) is 2.91. The topological polar surface area (TPSA) is 25.2 Å². The maximum atomic E-state index is 5.93. The molecular formula is C19H21NO. The number of hydrogen-bond donors (Lipinski definition) is 1.